The highest BCUT2D eigenvalue weighted by atomic mass is 16.5. The second kappa shape index (κ2) is 4.34. The summed E-state index contributed by atoms with van der Waals surface area (Å²) in [7, 11) is 1.61. The molecule has 0 N–H and O–H groups in total. The maximum atomic E-state index is 9.89. The zero-order valence-corrected chi connectivity index (χ0v) is 6.78. The summed E-state index contributed by atoms with van der Waals surface area (Å²) in [6.07, 6.45) is 4.69. The van der Waals surface area contributed by atoms with Gasteiger partial charge in [0.15, 0.2) is 0 Å². The smallest absolute Gasteiger partial charge is 0.225 e. The number of methoxy groups -OCH3 is 1. The molecule has 0 aliphatic heterocycles. The first-order chi connectivity index (χ1) is 5.86. The molecule has 61 valence electrons. The predicted octanol–water partition coefficient (Wildman–Crippen LogP) is 1.82. The van der Waals surface area contributed by atoms with E-state index in [1.54, 1.807) is 19.5 Å². The molecule has 0 heterocycles. The fourth-order valence-corrected chi connectivity index (χ4v) is 0.875. The summed E-state index contributed by atoms with van der Waals surface area (Å²) < 4.78 is 5.00. The van der Waals surface area contributed by atoms with Gasteiger partial charge in [0.05, 0.1) is 7.11 Å². The van der Waals surface area contributed by atoms with Gasteiger partial charge < -0.3 is 4.74 Å². The maximum absolute atomic E-state index is 9.89. The van der Waals surface area contributed by atoms with Gasteiger partial charge in [-0.05, 0) is 23.8 Å². The lowest BCUT2D eigenvalue weighted by atomic mass is 10.2. The summed E-state index contributed by atoms with van der Waals surface area (Å²) in [4.78, 5) is 9.89. The lowest BCUT2D eigenvalue weighted by Crippen LogP contribution is -1.82. The summed E-state index contributed by atoms with van der Waals surface area (Å²) in [5, 5.41) is 0. The zero-order chi connectivity index (χ0) is 8.81. The van der Waals surface area contributed by atoms with Crippen LogP contribution in [0.3, 0.4) is 0 Å². The Hall–Kier alpha value is -1.57. The van der Waals surface area contributed by atoms with Crippen LogP contribution in [-0.4, -0.2) is 13.4 Å². The van der Waals surface area contributed by atoms with E-state index in [0.29, 0.717) is 0 Å². The number of benzene rings is 1. The third kappa shape index (κ3) is 2.23. The van der Waals surface area contributed by atoms with Gasteiger partial charge in [-0.25, -0.2) is 0 Å². The fraction of sp³-hybridized carbons (Fsp3) is 0.100. The monoisotopic (exact) mass is 161 g/mol. The molecule has 0 atom stereocenters. The average molecular weight is 161 g/mol. The average Bonchev–Trinajstić information content (AvgIpc) is 2.15. The molecule has 1 radical (unpaired) electrons. The first kappa shape index (κ1) is 8.53. The minimum Gasteiger partial charge on any atom is -0.497 e. The Labute approximate surface area is 71.5 Å². The number of hydrogen-bond donors (Lipinski definition) is 0. The van der Waals surface area contributed by atoms with Crippen molar-refractivity contribution >= 4 is 12.4 Å². The van der Waals surface area contributed by atoms with Crippen molar-refractivity contribution in [2.45, 2.75) is 0 Å². The van der Waals surface area contributed by atoms with Gasteiger partial charge in [0, 0.05) is 0 Å². The quantitative estimate of drug-likeness (QED) is 0.632. The second-order valence-corrected chi connectivity index (χ2v) is 2.23. The van der Waals surface area contributed by atoms with Crippen LogP contribution in [0.25, 0.3) is 6.08 Å². The summed E-state index contributed by atoms with van der Waals surface area (Å²) in [6.45, 7) is 0. The van der Waals surface area contributed by atoms with Gasteiger partial charge in [0.2, 0.25) is 6.29 Å². The molecule has 0 aliphatic carbocycles. The standard InChI is InChI=1S/C10H9O2/c1-12-10-6-2-4-9(8-10)5-3-7-11/h2-6,8H,1H3/b5-3+. The number of rotatable bonds is 3. The van der Waals surface area contributed by atoms with Gasteiger partial charge in [-0.15, -0.1) is 0 Å². The molecule has 0 amide bonds. The minimum atomic E-state index is 0.781. The molecule has 0 fully saturated rings. The topological polar surface area (TPSA) is 26.3 Å². The van der Waals surface area contributed by atoms with Crippen LogP contribution in [0, 0.1) is 0 Å². The van der Waals surface area contributed by atoms with E-state index in [9.17, 15) is 4.79 Å². The summed E-state index contributed by atoms with van der Waals surface area (Å²) >= 11 is 0. The normalized spacial score (nSPS) is 10.1. The molecular weight excluding hydrogens is 152 g/mol. The highest BCUT2D eigenvalue weighted by molar-refractivity contribution is 5.74. The molecule has 0 bridgehead atoms. The van der Waals surface area contributed by atoms with Crippen molar-refractivity contribution in [3.63, 3.8) is 0 Å². The molecule has 2 nitrogen and oxygen atoms in total. The highest BCUT2D eigenvalue weighted by Gasteiger charge is 1.90. The Morgan fingerprint density at radius 1 is 1.50 bits per heavy atom. The minimum absolute atomic E-state index is 0.781. The summed E-state index contributed by atoms with van der Waals surface area (Å²) in [5.74, 6) is 0.781. The molecule has 0 aromatic heterocycles. The lowest BCUT2D eigenvalue weighted by Gasteiger charge is -1.98. The Morgan fingerprint density at radius 3 is 3.00 bits per heavy atom. The zero-order valence-electron chi connectivity index (χ0n) is 6.78. The van der Waals surface area contributed by atoms with Gasteiger partial charge in [0.1, 0.15) is 5.75 Å². The third-order valence-corrected chi connectivity index (χ3v) is 1.44. The Bertz CT molecular complexity index is 290. The van der Waals surface area contributed by atoms with Gasteiger partial charge in [-0.2, -0.15) is 0 Å². The summed E-state index contributed by atoms with van der Waals surface area (Å²) in [6, 6.07) is 7.44. The van der Waals surface area contributed by atoms with Gasteiger partial charge >= 0.3 is 0 Å². The van der Waals surface area contributed by atoms with Crippen LogP contribution < -0.4 is 4.74 Å². The van der Waals surface area contributed by atoms with E-state index in [1.807, 2.05) is 24.3 Å². The number of allylic oxidation sites excluding steroid dienone is 1. The van der Waals surface area contributed by atoms with E-state index in [0.717, 1.165) is 11.3 Å². The molecule has 1 rings (SSSR count). The molecule has 0 spiro atoms. The second-order valence-electron chi connectivity index (χ2n) is 2.23. The number of hydrogen-bond acceptors (Lipinski definition) is 2. The molecule has 1 aromatic carbocycles. The third-order valence-electron chi connectivity index (χ3n) is 1.44. The van der Waals surface area contributed by atoms with Gasteiger partial charge in [-0.1, -0.05) is 18.2 Å². The Kier molecular flexibility index (Phi) is 3.08. The van der Waals surface area contributed by atoms with E-state index >= 15 is 0 Å². The molecular formula is C10H9O2. The maximum Gasteiger partial charge on any atom is 0.225 e. The van der Waals surface area contributed by atoms with Crippen LogP contribution in [0.1, 0.15) is 5.56 Å². The molecule has 0 saturated carbocycles. The van der Waals surface area contributed by atoms with Crippen LogP contribution >= 0.6 is 0 Å². The SMILES string of the molecule is COc1cccc(/C=C/[C]=O)c1. The van der Waals surface area contributed by atoms with Crippen molar-refractivity contribution in [2.75, 3.05) is 7.11 Å². The van der Waals surface area contributed by atoms with Crippen molar-refractivity contribution in [2.24, 2.45) is 0 Å². The molecule has 2 heteroatoms. The van der Waals surface area contributed by atoms with Crippen molar-refractivity contribution in [1.82, 2.24) is 0 Å². The van der Waals surface area contributed by atoms with Crippen LogP contribution in [0.5, 0.6) is 5.75 Å². The molecule has 0 saturated heterocycles. The Morgan fingerprint density at radius 2 is 2.33 bits per heavy atom. The number of ether oxygens (including phenoxy) is 1. The summed E-state index contributed by atoms with van der Waals surface area (Å²) in [5.41, 5.74) is 0.928. The largest absolute Gasteiger partial charge is 0.497 e. The van der Waals surface area contributed by atoms with Crippen molar-refractivity contribution < 1.29 is 9.53 Å². The van der Waals surface area contributed by atoms with Gasteiger partial charge in [-0.3, -0.25) is 4.79 Å². The lowest BCUT2D eigenvalue weighted by molar-refractivity contribution is 0.414. The first-order valence-corrected chi connectivity index (χ1v) is 3.55. The van der Waals surface area contributed by atoms with E-state index < -0.39 is 0 Å². The van der Waals surface area contributed by atoms with E-state index in [4.69, 9.17) is 4.74 Å². The van der Waals surface area contributed by atoms with Crippen LogP contribution in [-0.2, 0) is 4.79 Å². The molecule has 0 unspecified atom stereocenters. The molecule has 1 aromatic rings. The van der Waals surface area contributed by atoms with E-state index in [-0.39, 0.29) is 0 Å². The first-order valence-electron chi connectivity index (χ1n) is 3.55. The van der Waals surface area contributed by atoms with Crippen molar-refractivity contribution in [3.05, 3.63) is 35.9 Å². The van der Waals surface area contributed by atoms with Crippen LogP contribution in [0.15, 0.2) is 30.3 Å². The van der Waals surface area contributed by atoms with Crippen molar-refractivity contribution in [3.8, 4) is 5.75 Å². The molecule has 0 aliphatic rings. The van der Waals surface area contributed by atoms with E-state index in [1.165, 1.54) is 6.08 Å². The van der Waals surface area contributed by atoms with Gasteiger partial charge in [0.25, 0.3) is 0 Å². The van der Waals surface area contributed by atoms with E-state index in [2.05, 4.69) is 0 Å². The number of carbonyl (C=O) groups excluding carboxylic acids is 1. The van der Waals surface area contributed by atoms with Crippen LogP contribution in [0.2, 0.25) is 0 Å². The molecule has 12 heavy (non-hydrogen) atoms. The Balaban J connectivity index is 2.86. The highest BCUT2D eigenvalue weighted by Crippen LogP contribution is 2.13. The fourth-order valence-electron chi connectivity index (χ4n) is 0.875. The van der Waals surface area contributed by atoms with Crippen molar-refractivity contribution in [1.29, 1.82) is 0 Å². The van der Waals surface area contributed by atoms with Crippen LogP contribution in [0.4, 0.5) is 0 Å². The predicted molar refractivity (Wildman–Crippen MR) is 47.7 cm³/mol.